The van der Waals surface area contributed by atoms with E-state index in [-0.39, 0.29) is 18.0 Å². The third-order valence-corrected chi connectivity index (χ3v) is 6.83. The molecule has 2 unspecified atom stereocenters. The average Bonchev–Trinajstić information content (AvgIpc) is 2.72. The first-order chi connectivity index (χ1) is 15.5. The molecule has 0 aromatic heterocycles. The van der Waals surface area contributed by atoms with Crippen LogP contribution in [0.25, 0.3) is 0 Å². The van der Waals surface area contributed by atoms with E-state index in [0.717, 1.165) is 54.9 Å². The van der Waals surface area contributed by atoms with Crippen LogP contribution >= 0.6 is 11.8 Å². The molecule has 0 aromatic carbocycles. The second-order valence-electron chi connectivity index (χ2n) is 9.63. The molecular weight excluding hydrogens is 424 g/mol. The lowest BCUT2D eigenvalue weighted by atomic mass is 9.96. The van der Waals surface area contributed by atoms with E-state index in [9.17, 15) is 4.79 Å². The molecule has 2 N–H and O–H groups in total. The van der Waals surface area contributed by atoms with E-state index in [1.54, 1.807) is 6.92 Å². The molecule has 3 nitrogen and oxygen atoms in total. The van der Waals surface area contributed by atoms with Crippen molar-refractivity contribution in [3.63, 3.8) is 0 Å². The zero-order valence-corrected chi connectivity index (χ0v) is 23.5. The van der Waals surface area contributed by atoms with Crippen molar-refractivity contribution in [2.24, 2.45) is 5.92 Å². The molecule has 0 fully saturated rings. The van der Waals surface area contributed by atoms with E-state index in [2.05, 4.69) is 90.5 Å². The van der Waals surface area contributed by atoms with E-state index < -0.39 is 0 Å². The van der Waals surface area contributed by atoms with Crippen LogP contribution in [0.2, 0.25) is 0 Å². The lowest BCUT2D eigenvalue weighted by molar-refractivity contribution is -0.119. The summed E-state index contributed by atoms with van der Waals surface area (Å²) in [6.45, 7) is 25.1. The lowest BCUT2D eigenvalue weighted by Gasteiger charge is -2.30. The molecule has 3 atom stereocenters. The Kier molecular flexibility index (Phi) is 16.8. The van der Waals surface area contributed by atoms with Crippen molar-refractivity contribution in [1.29, 1.82) is 0 Å². The molecule has 0 radical (unpaired) electrons. The van der Waals surface area contributed by atoms with Crippen LogP contribution in [0.15, 0.2) is 59.4 Å². The molecule has 0 aromatic rings. The second-order valence-corrected chi connectivity index (χ2v) is 10.7. The summed E-state index contributed by atoms with van der Waals surface area (Å²) in [5.74, 6) is 2.22. The van der Waals surface area contributed by atoms with Gasteiger partial charge < -0.3 is 10.6 Å². The van der Waals surface area contributed by atoms with Gasteiger partial charge >= 0.3 is 0 Å². The number of nitrogens with one attached hydrogen (secondary N) is 2. The maximum absolute atomic E-state index is 11.6. The largest absolute Gasteiger partial charge is 0.380 e. The van der Waals surface area contributed by atoms with Crippen LogP contribution in [-0.2, 0) is 4.79 Å². The number of hydrogen-bond donors (Lipinski definition) is 2. The monoisotopic (exact) mass is 474 g/mol. The fraction of sp³-hybridized carbons (Fsp3) is 0.621. The van der Waals surface area contributed by atoms with Gasteiger partial charge in [-0.2, -0.15) is 11.8 Å². The minimum absolute atomic E-state index is 0.0250. The summed E-state index contributed by atoms with van der Waals surface area (Å²) in [4.78, 5) is 11.6. The molecule has 0 aliphatic carbocycles. The summed E-state index contributed by atoms with van der Waals surface area (Å²) in [6, 6.07) is 0.0722. The maximum atomic E-state index is 11.6. The van der Waals surface area contributed by atoms with Crippen LogP contribution in [-0.4, -0.2) is 29.5 Å². The fourth-order valence-corrected chi connectivity index (χ4v) is 4.52. The number of allylic oxidation sites excluding steroid dienone is 5. The summed E-state index contributed by atoms with van der Waals surface area (Å²) in [7, 11) is 0. The zero-order valence-electron chi connectivity index (χ0n) is 22.6. The van der Waals surface area contributed by atoms with Gasteiger partial charge in [-0.3, -0.25) is 4.79 Å². The van der Waals surface area contributed by atoms with Gasteiger partial charge in [-0.15, -0.1) is 0 Å². The van der Waals surface area contributed by atoms with Gasteiger partial charge in [0.2, 0.25) is 5.91 Å². The molecule has 0 saturated carbocycles. The van der Waals surface area contributed by atoms with Crippen LogP contribution in [0, 0.1) is 5.92 Å². The summed E-state index contributed by atoms with van der Waals surface area (Å²) in [5, 5.41) is 6.58. The third kappa shape index (κ3) is 15.7. The van der Waals surface area contributed by atoms with E-state index >= 15 is 0 Å². The maximum Gasteiger partial charge on any atom is 0.217 e. The Morgan fingerprint density at radius 3 is 2.00 bits per heavy atom. The summed E-state index contributed by atoms with van der Waals surface area (Å²) in [5.41, 5.74) is 6.29. The van der Waals surface area contributed by atoms with E-state index in [4.69, 9.17) is 0 Å². The standard InChI is InChI=1S/C29H50N2OS/c1-11-25(8)29(31-27(10)32)26(9)30-28(22(4)5)20-33-19-18-24(7)17-13-16-23(6)15-12-14-21(2)3/h14,16,18,25,28-30H,4,9,11-13,15,17,19-20H2,1-3,5-8,10H3,(H,31,32)/b23-16+,24-18+/t25-,28?,29?/m0/s1. The van der Waals surface area contributed by atoms with Crippen molar-refractivity contribution >= 4 is 17.7 Å². The number of carbonyl (C=O) groups excluding carboxylic acids is 1. The molecule has 0 saturated heterocycles. The van der Waals surface area contributed by atoms with Crippen molar-refractivity contribution in [2.45, 2.75) is 99.6 Å². The Morgan fingerprint density at radius 1 is 0.909 bits per heavy atom. The highest BCUT2D eigenvalue weighted by Crippen LogP contribution is 2.18. The third-order valence-electron chi connectivity index (χ3n) is 5.86. The van der Waals surface area contributed by atoms with Crippen molar-refractivity contribution in [2.75, 3.05) is 11.5 Å². The van der Waals surface area contributed by atoms with Gasteiger partial charge in [0.15, 0.2) is 0 Å². The van der Waals surface area contributed by atoms with Crippen molar-refractivity contribution < 1.29 is 4.79 Å². The van der Waals surface area contributed by atoms with Gasteiger partial charge in [0.05, 0.1) is 12.1 Å². The molecule has 0 rings (SSSR count). The van der Waals surface area contributed by atoms with Crippen molar-refractivity contribution in [3.8, 4) is 0 Å². The smallest absolute Gasteiger partial charge is 0.217 e. The van der Waals surface area contributed by atoms with Gasteiger partial charge in [-0.25, -0.2) is 0 Å². The Hall–Kier alpha value is -1.68. The molecule has 33 heavy (non-hydrogen) atoms. The van der Waals surface area contributed by atoms with Crippen molar-refractivity contribution in [1.82, 2.24) is 10.6 Å². The first-order valence-electron chi connectivity index (χ1n) is 12.4. The van der Waals surface area contributed by atoms with Gasteiger partial charge in [-0.1, -0.05) is 73.9 Å². The minimum atomic E-state index is -0.0694. The fourth-order valence-electron chi connectivity index (χ4n) is 3.37. The minimum Gasteiger partial charge on any atom is -0.380 e. The molecule has 0 spiro atoms. The summed E-state index contributed by atoms with van der Waals surface area (Å²) >= 11 is 1.90. The topological polar surface area (TPSA) is 41.1 Å². The highest BCUT2D eigenvalue weighted by molar-refractivity contribution is 7.99. The molecule has 0 aliphatic rings. The average molecular weight is 475 g/mol. The highest BCUT2D eigenvalue weighted by Gasteiger charge is 2.22. The highest BCUT2D eigenvalue weighted by atomic mass is 32.2. The van der Waals surface area contributed by atoms with Gasteiger partial charge in [-0.05, 0) is 66.2 Å². The van der Waals surface area contributed by atoms with Crippen LogP contribution in [0.5, 0.6) is 0 Å². The first-order valence-corrected chi connectivity index (χ1v) is 13.5. The lowest BCUT2D eigenvalue weighted by Crippen LogP contribution is -2.46. The summed E-state index contributed by atoms with van der Waals surface area (Å²) < 4.78 is 0. The number of thioether (sulfide) groups is 1. The number of amides is 1. The zero-order chi connectivity index (χ0) is 25.4. The first kappa shape index (κ1) is 31.3. The van der Waals surface area contributed by atoms with E-state index in [0.29, 0.717) is 5.92 Å². The SMILES string of the molecule is C=C(C)C(CSC/C=C(\C)CC/C=C(\C)CCC=C(C)C)NC(=C)C(NC(C)=O)[C@@H](C)CC. The predicted octanol–water partition coefficient (Wildman–Crippen LogP) is 7.74. The Bertz CT molecular complexity index is 713. The molecule has 4 heteroatoms. The predicted molar refractivity (Wildman–Crippen MR) is 151 cm³/mol. The van der Waals surface area contributed by atoms with Crippen LogP contribution in [0.3, 0.4) is 0 Å². The van der Waals surface area contributed by atoms with E-state index in [1.165, 1.54) is 16.7 Å². The molecule has 1 amide bonds. The number of rotatable bonds is 17. The van der Waals surface area contributed by atoms with Crippen LogP contribution in [0.1, 0.15) is 87.5 Å². The molecule has 0 heterocycles. The van der Waals surface area contributed by atoms with E-state index in [1.807, 2.05) is 11.8 Å². The van der Waals surface area contributed by atoms with Crippen LogP contribution < -0.4 is 10.6 Å². The number of hydrogen-bond acceptors (Lipinski definition) is 3. The van der Waals surface area contributed by atoms with Gasteiger partial charge in [0, 0.05) is 24.1 Å². The van der Waals surface area contributed by atoms with Crippen LogP contribution in [0.4, 0.5) is 0 Å². The van der Waals surface area contributed by atoms with Gasteiger partial charge in [0.25, 0.3) is 0 Å². The molecular formula is C29H50N2OS. The molecule has 0 bridgehead atoms. The summed E-state index contributed by atoms with van der Waals surface area (Å²) in [6.07, 6.45) is 12.6. The molecule has 188 valence electrons. The van der Waals surface area contributed by atoms with Crippen molar-refractivity contribution in [3.05, 3.63) is 59.4 Å². The quantitative estimate of drug-likeness (QED) is 0.167. The Labute approximate surface area is 209 Å². The second kappa shape index (κ2) is 17.8. The normalized spacial score (nSPS) is 14.8. The Morgan fingerprint density at radius 2 is 1.48 bits per heavy atom. The molecule has 0 aliphatic heterocycles. The van der Waals surface area contributed by atoms with Gasteiger partial charge in [0.1, 0.15) is 0 Å². The number of carbonyl (C=O) groups is 1. The Balaban J connectivity index is 4.58.